The second-order valence-corrected chi connectivity index (χ2v) is 3.96. The van der Waals surface area contributed by atoms with Crippen LogP contribution in [0.4, 0.5) is 0 Å². The zero-order chi connectivity index (χ0) is 9.68. The molecule has 1 saturated heterocycles. The summed E-state index contributed by atoms with van der Waals surface area (Å²) in [7, 11) is 0. The Hall–Kier alpha value is 0.160. The van der Waals surface area contributed by atoms with Crippen LogP contribution in [-0.4, -0.2) is 29.2 Å². The zero-order valence-electron chi connectivity index (χ0n) is 7.79. The number of hydrogen-bond donors (Lipinski definition) is 0. The summed E-state index contributed by atoms with van der Waals surface area (Å²) in [5.74, 6) is -0.197. The zero-order valence-corrected chi connectivity index (χ0v) is 9.95. The van der Waals surface area contributed by atoms with Gasteiger partial charge < -0.3 is 9.47 Å². The molecule has 0 saturated carbocycles. The Balaban J connectivity index is 2.37. The van der Waals surface area contributed by atoms with Gasteiger partial charge in [-0.1, -0.05) is 22.6 Å². The molecule has 76 valence electrons. The fraction of sp³-hybridized carbons (Fsp3) is 0.889. The summed E-state index contributed by atoms with van der Waals surface area (Å²) < 4.78 is 11.4. The first kappa shape index (κ1) is 11.2. The Morgan fingerprint density at radius 1 is 1.62 bits per heavy atom. The van der Waals surface area contributed by atoms with Gasteiger partial charge in [0.25, 0.3) is 0 Å². The average molecular weight is 298 g/mol. The molecule has 0 N–H and O–H groups in total. The van der Waals surface area contributed by atoms with Crippen LogP contribution in [0.5, 0.6) is 0 Å². The standard InChI is InChI=1S/C9H15IO3/c1-2-12-9(11)8-5-3-4-7(6-10)13-8/h7-8H,2-6H2,1H3/t7-,8+/m1/s1. The molecule has 1 rings (SSSR count). The third kappa shape index (κ3) is 3.42. The second kappa shape index (κ2) is 5.80. The van der Waals surface area contributed by atoms with E-state index >= 15 is 0 Å². The number of esters is 1. The van der Waals surface area contributed by atoms with Crippen molar-refractivity contribution in [3.8, 4) is 0 Å². The lowest BCUT2D eigenvalue weighted by Gasteiger charge is -2.27. The Kier molecular flexibility index (Phi) is 5.01. The first-order chi connectivity index (χ1) is 6.27. The summed E-state index contributed by atoms with van der Waals surface area (Å²) >= 11 is 2.28. The lowest BCUT2D eigenvalue weighted by Crippen LogP contribution is -2.35. The van der Waals surface area contributed by atoms with Gasteiger partial charge in [-0.2, -0.15) is 0 Å². The highest BCUT2D eigenvalue weighted by atomic mass is 127. The van der Waals surface area contributed by atoms with Crippen molar-refractivity contribution in [2.24, 2.45) is 0 Å². The highest BCUT2D eigenvalue weighted by molar-refractivity contribution is 14.1. The summed E-state index contributed by atoms with van der Waals surface area (Å²) in [5, 5.41) is 0. The summed E-state index contributed by atoms with van der Waals surface area (Å²) in [5.41, 5.74) is 0. The van der Waals surface area contributed by atoms with E-state index in [-0.39, 0.29) is 18.2 Å². The molecular formula is C9H15IO3. The maximum absolute atomic E-state index is 11.3. The lowest BCUT2D eigenvalue weighted by molar-refractivity contribution is -0.163. The maximum Gasteiger partial charge on any atom is 0.335 e. The molecule has 13 heavy (non-hydrogen) atoms. The Morgan fingerprint density at radius 2 is 2.38 bits per heavy atom. The van der Waals surface area contributed by atoms with Crippen LogP contribution in [0.1, 0.15) is 26.2 Å². The molecule has 0 amide bonds. The van der Waals surface area contributed by atoms with Gasteiger partial charge in [-0.15, -0.1) is 0 Å². The lowest BCUT2D eigenvalue weighted by atomic mass is 10.1. The van der Waals surface area contributed by atoms with Gasteiger partial charge in [0.15, 0.2) is 6.10 Å². The summed E-state index contributed by atoms with van der Waals surface area (Å²) in [6.07, 6.45) is 2.87. The van der Waals surface area contributed by atoms with Crippen LogP contribution in [0.25, 0.3) is 0 Å². The Labute approximate surface area is 92.3 Å². The normalized spacial score (nSPS) is 28.5. The van der Waals surface area contributed by atoms with E-state index in [0.29, 0.717) is 6.61 Å². The van der Waals surface area contributed by atoms with Crippen LogP contribution in [0.2, 0.25) is 0 Å². The van der Waals surface area contributed by atoms with Gasteiger partial charge in [0, 0.05) is 4.43 Å². The molecule has 0 aliphatic carbocycles. The first-order valence-electron chi connectivity index (χ1n) is 4.66. The highest BCUT2D eigenvalue weighted by Crippen LogP contribution is 2.21. The van der Waals surface area contributed by atoms with Gasteiger partial charge in [0.2, 0.25) is 0 Å². The van der Waals surface area contributed by atoms with E-state index in [4.69, 9.17) is 9.47 Å². The largest absolute Gasteiger partial charge is 0.464 e. The highest BCUT2D eigenvalue weighted by Gasteiger charge is 2.27. The van der Waals surface area contributed by atoms with Crippen molar-refractivity contribution in [3.05, 3.63) is 0 Å². The Bertz CT molecular complexity index is 172. The van der Waals surface area contributed by atoms with Crippen LogP contribution in [0.15, 0.2) is 0 Å². The topological polar surface area (TPSA) is 35.5 Å². The maximum atomic E-state index is 11.3. The van der Waals surface area contributed by atoms with Crippen molar-refractivity contribution >= 4 is 28.6 Å². The van der Waals surface area contributed by atoms with Gasteiger partial charge in [-0.05, 0) is 26.2 Å². The molecule has 0 unspecified atom stereocenters. The van der Waals surface area contributed by atoms with Crippen molar-refractivity contribution < 1.29 is 14.3 Å². The number of carbonyl (C=O) groups is 1. The molecule has 0 radical (unpaired) electrons. The van der Waals surface area contributed by atoms with E-state index in [1.807, 2.05) is 6.92 Å². The molecule has 1 aliphatic rings. The van der Waals surface area contributed by atoms with Crippen LogP contribution in [0, 0.1) is 0 Å². The SMILES string of the molecule is CCOC(=O)[C@@H]1CCC[C@H](CI)O1. The molecule has 1 aliphatic heterocycles. The predicted octanol–water partition coefficient (Wildman–Crippen LogP) is 1.92. The third-order valence-electron chi connectivity index (χ3n) is 2.07. The second-order valence-electron chi connectivity index (χ2n) is 3.08. The fourth-order valence-corrected chi connectivity index (χ4v) is 2.07. The third-order valence-corrected chi connectivity index (χ3v) is 3.05. The van der Waals surface area contributed by atoms with Crippen LogP contribution >= 0.6 is 22.6 Å². The quantitative estimate of drug-likeness (QED) is 0.454. The van der Waals surface area contributed by atoms with Gasteiger partial charge >= 0.3 is 5.97 Å². The van der Waals surface area contributed by atoms with Gasteiger partial charge in [-0.3, -0.25) is 0 Å². The molecule has 0 bridgehead atoms. The van der Waals surface area contributed by atoms with Crippen LogP contribution < -0.4 is 0 Å². The minimum atomic E-state index is -0.312. The number of alkyl halides is 1. The van der Waals surface area contributed by atoms with Crippen molar-refractivity contribution in [2.75, 3.05) is 11.0 Å². The van der Waals surface area contributed by atoms with E-state index in [1.165, 1.54) is 0 Å². The number of hydrogen-bond acceptors (Lipinski definition) is 3. The number of ether oxygens (including phenoxy) is 2. The summed E-state index contributed by atoms with van der Waals surface area (Å²) in [6.45, 7) is 2.25. The number of halogens is 1. The van der Waals surface area contributed by atoms with Crippen molar-refractivity contribution in [1.82, 2.24) is 0 Å². The first-order valence-corrected chi connectivity index (χ1v) is 6.18. The van der Waals surface area contributed by atoms with E-state index < -0.39 is 0 Å². The van der Waals surface area contributed by atoms with E-state index in [0.717, 1.165) is 23.7 Å². The van der Waals surface area contributed by atoms with Crippen molar-refractivity contribution in [1.29, 1.82) is 0 Å². The van der Waals surface area contributed by atoms with Gasteiger partial charge in [0.05, 0.1) is 12.7 Å². The van der Waals surface area contributed by atoms with Crippen molar-refractivity contribution in [2.45, 2.75) is 38.4 Å². The van der Waals surface area contributed by atoms with E-state index in [2.05, 4.69) is 22.6 Å². The molecule has 0 aromatic heterocycles. The molecule has 0 spiro atoms. The molecule has 0 aromatic rings. The smallest absolute Gasteiger partial charge is 0.335 e. The fourth-order valence-electron chi connectivity index (χ4n) is 1.42. The van der Waals surface area contributed by atoms with Crippen LogP contribution in [-0.2, 0) is 14.3 Å². The minimum absolute atomic E-state index is 0.197. The monoisotopic (exact) mass is 298 g/mol. The van der Waals surface area contributed by atoms with Crippen molar-refractivity contribution in [3.63, 3.8) is 0 Å². The van der Waals surface area contributed by atoms with E-state index in [1.54, 1.807) is 0 Å². The number of rotatable bonds is 3. The molecule has 4 heteroatoms. The van der Waals surface area contributed by atoms with Gasteiger partial charge in [0.1, 0.15) is 0 Å². The molecule has 1 heterocycles. The summed E-state index contributed by atoms with van der Waals surface area (Å²) in [6, 6.07) is 0. The minimum Gasteiger partial charge on any atom is -0.464 e. The van der Waals surface area contributed by atoms with Crippen LogP contribution in [0.3, 0.4) is 0 Å². The molecular weight excluding hydrogens is 283 g/mol. The predicted molar refractivity (Wildman–Crippen MR) is 58.0 cm³/mol. The molecule has 2 atom stereocenters. The molecule has 0 aromatic carbocycles. The average Bonchev–Trinajstić information content (AvgIpc) is 2.18. The summed E-state index contributed by atoms with van der Waals surface area (Å²) in [4.78, 5) is 11.3. The Morgan fingerprint density at radius 3 is 3.00 bits per heavy atom. The molecule has 1 fully saturated rings. The van der Waals surface area contributed by atoms with E-state index in [9.17, 15) is 4.79 Å². The molecule has 3 nitrogen and oxygen atoms in total. The van der Waals surface area contributed by atoms with Gasteiger partial charge in [-0.25, -0.2) is 4.79 Å². The number of carbonyl (C=O) groups excluding carboxylic acids is 1.